The lowest BCUT2D eigenvalue weighted by molar-refractivity contribution is -0.138. The van der Waals surface area contributed by atoms with Crippen molar-refractivity contribution in [2.24, 2.45) is 0 Å². The number of aliphatic hydroxyl groups excluding tert-OH is 1. The highest BCUT2D eigenvalue weighted by atomic mass is 32.2. The molecule has 1 aliphatic rings. The Morgan fingerprint density at radius 2 is 1.73 bits per heavy atom. The van der Waals surface area contributed by atoms with Gasteiger partial charge in [-0.15, -0.1) is 11.8 Å². The van der Waals surface area contributed by atoms with Crippen LogP contribution in [0, 0.1) is 0 Å². The second-order valence-corrected chi connectivity index (χ2v) is 8.76. The zero-order valence-electron chi connectivity index (χ0n) is 18.1. The van der Waals surface area contributed by atoms with Gasteiger partial charge in [-0.25, -0.2) is 0 Å². The molecule has 1 heterocycles. The van der Waals surface area contributed by atoms with Crippen LogP contribution in [-0.2, 0) is 17.6 Å². The first kappa shape index (κ1) is 22.7. The van der Waals surface area contributed by atoms with Gasteiger partial charge in [0.05, 0.1) is 6.10 Å². The van der Waals surface area contributed by atoms with E-state index in [1.165, 1.54) is 11.1 Å². The van der Waals surface area contributed by atoms with E-state index in [0.717, 1.165) is 30.8 Å². The summed E-state index contributed by atoms with van der Waals surface area (Å²) in [6.07, 6.45) is 2.82. The van der Waals surface area contributed by atoms with E-state index in [4.69, 9.17) is 4.74 Å². The molecule has 1 amide bonds. The van der Waals surface area contributed by atoms with Crippen LogP contribution in [0.1, 0.15) is 18.1 Å². The number of rotatable bonds is 8. The van der Waals surface area contributed by atoms with Gasteiger partial charge in [0.1, 0.15) is 5.75 Å². The number of likely N-dealkylation sites (N-methyl/N-ethyl adjacent to an activating group) is 1. The van der Waals surface area contributed by atoms with Crippen molar-refractivity contribution in [3.63, 3.8) is 0 Å². The molecule has 6 heteroatoms. The van der Waals surface area contributed by atoms with Crippen molar-refractivity contribution in [3.05, 3.63) is 59.7 Å². The van der Waals surface area contributed by atoms with Crippen molar-refractivity contribution in [2.45, 2.75) is 36.9 Å². The van der Waals surface area contributed by atoms with Crippen LogP contribution in [0.2, 0.25) is 0 Å². The Balaban J connectivity index is 1.46. The van der Waals surface area contributed by atoms with Crippen LogP contribution < -0.4 is 4.74 Å². The molecule has 0 aliphatic carbocycles. The molecule has 0 fully saturated rings. The second kappa shape index (κ2) is 10.8. The normalized spacial score (nSPS) is 16.3. The first-order chi connectivity index (χ1) is 14.5. The number of hydrogen-bond acceptors (Lipinski definition) is 5. The molecule has 0 unspecified atom stereocenters. The Labute approximate surface area is 184 Å². The van der Waals surface area contributed by atoms with E-state index < -0.39 is 12.2 Å². The Morgan fingerprint density at radius 3 is 2.30 bits per heavy atom. The van der Waals surface area contributed by atoms with Crippen LogP contribution in [0.4, 0.5) is 0 Å². The molecule has 30 heavy (non-hydrogen) atoms. The zero-order valence-corrected chi connectivity index (χ0v) is 18.9. The molecule has 0 bridgehead atoms. The average Bonchev–Trinajstić information content (AvgIpc) is 2.96. The Kier molecular flexibility index (Phi) is 8.19. The molecule has 2 atom stereocenters. The van der Waals surface area contributed by atoms with E-state index in [1.807, 2.05) is 30.5 Å². The molecule has 2 aromatic carbocycles. The van der Waals surface area contributed by atoms with Crippen LogP contribution in [0.3, 0.4) is 0 Å². The summed E-state index contributed by atoms with van der Waals surface area (Å²) in [4.78, 5) is 17.7. The summed E-state index contributed by atoms with van der Waals surface area (Å²) in [5, 5.41) is 10.6. The summed E-state index contributed by atoms with van der Waals surface area (Å²) in [7, 11) is 1.72. The fourth-order valence-corrected chi connectivity index (χ4v) is 4.29. The maximum absolute atomic E-state index is 12.7. The summed E-state index contributed by atoms with van der Waals surface area (Å²) in [5.41, 5.74) is 2.80. The number of β-amino-alcohol motifs (C(OH)–C–C–N with tert-alkyl or cyclic N) is 1. The fourth-order valence-electron chi connectivity index (χ4n) is 3.88. The third-order valence-corrected chi connectivity index (χ3v) is 6.31. The molecule has 0 radical (unpaired) electrons. The lowest BCUT2D eigenvalue weighted by atomic mass is 10.0. The van der Waals surface area contributed by atoms with Crippen molar-refractivity contribution in [3.8, 4) is 5.75 Å². The number of nitrogens with zero attached hydrogens (tertiary/aromatic N) is 2. The number of carbonyl (C=O) groups is 1. The topological polar surface area (TPSA) is 53.0 Å². The second-order valence-electron chi connectivity index (χ2n) is 7.88. The Morgan fingerprint density at radius 1 is 1.13 bits per heavy atom. The van der Waals surface area contributed by atoms with Crippen molar-refractivity contribution in [1.82, 2.24) is 9.80 Å². The molecule has 5 nitrogen and oxygen atoms in total. The van der Waals surface area contributed by atoms with E-state index in [1.54, 1.807) is 30.6 Å². The van der Waals surface area contributed by atoms with Crippen molar-refractivity contribution >= 4 is 17.7 Å². The van der Waals surface area contributed by atoms with Gasteiger partial charge in [0.25, 0.3) is 5.91 Å². The van der Waals surface area contributed by atoms with Crippen LogP contribution >= 0.6 is 11.8 Å². The number of amides is 1. The smallest absolute Gasteiger partial charge is 0.263 e. The van der Waals surface area contributed by atoms with E-state index in [-0.39, 0.29) is 5.91 Å². The molecule has 0 spiro atoms. The van der Waals surface area contributed by atoms with Gasteiger partial charge in [0.15, 0.2) is 6.10 Å². The summed E-state index contributed by atoms with van der Waals surface area (Å²) in [5.74, 6) is 0.540. The van der Waals surface area contributed by atoms with Crippen LogP contribution in [0.5, 0.6) is 5.75 Å². The zero-order chi connectivity index (χ0) is 21.5. The lowest BCUT2D eigenvalue weighted by Gasteiger charge is -2.28. The number of hydrogen-bond donors (Lipinski definition) is 1. The summed E-state index contributed by atoms with van der Waals surface area (Å²) < 4.78 is 5.79. The van der Waals surface area contributed by atoms with Gasteiger partial charge in [0, 0.05) is 38.1 Å². The first-order valence-corrected chi connectivity index (χ1v) is 11.7. The van der Waals surface area contributed by atoms with Gasteiger partial charge < -0.3 is 19.6 Å². The van der Waals surface area contributed by atoms with Crippen LogP contribution in [0.15, 0.2) is 53.4 Å². The largest absolute Gasteiger partial charge is 0.481 e. The fraction of sp³-hybridized carbons (Fsp3) is 0.458. The summed E-state index contributed by atoms with van der Waals surface area (Å²) >= 11 is 1.66. The Hall–Kier alpha value is -2.02. The SMILES string of the molecule is CSc1ccc(O[C@H](C)C(=O)N(C)C[C@@H](O)CN2CCc3ccccc3CC2)cc1. The van der Waals surface area contributed by atoms with Gasteiger partial charge >= 0.3 is 0 Å². The third-order valence-electron chi connectivity index (χ3n) is 5.56. The maximum atomic E-state index is 12.7. The highest BCUT2D eigenvalue weighted by molar-refractivity contribution is 7.98. The van der Waals surface area contributed by atoms with Crippen LogP contribution in [-0.4, -0.2) is 72.5 Å². The minimum absolute atomic E-state index is 0.133. The van der Waals surface area contributed by atoms with Gasteiger partial charge in [-0.05, 0) is 61.4 Å². The lowest BCUT2D eigenvalue weighted by Crippen LogP contribution is -2.45. The first-order valence-electron chi connectivity index (χ1n) is 10.5. The minimum atomic E-state index is -0.602. The molecule has 162 valence electrons. The molecule has 1 N–H and O–H groups in total. The number of benzene rings is 2. The average molecular weight is 429 g/mol. The van der Waals surface area contributed by atoms with Gasteiger partial charge in [0.2, 0.25) is 0 Å². The predicted molar refractivity (Wildman–Crippen MR) is 122 cm³/mol. The molecule has 3 rings (SSSR count). The number of ether oxygens (including phenoxy) is 1. The molecular formula is C24H32N2O3S. The quantitative estimate of drug-likeness (QED) is 0.655. The summed E-state index contributed by atoms with van der Waals surface area (Å²) in [6.45, 7) is 4.46. The Bertz CT molecular complexity index is 800. The standard InChI is InChI=1S/C24H32N2O3S/c1-18(29-22-8-10-23(30-3)11-9-22)24(28)25(2)16-21(27)17-26-14-12-19-6-4-5-7-20(19)13-15-26/h4-11,18,21,27H,12-17H2,1-3H3/t18-,21-/m1/s1. The summed E-state index contributed by atoms with van der Waals surface area (Å²) in [6, 6.07) is 16.3. The number of fused-ring (bicyclic) bond motifs is 1. The molecule has 0 aromatic heterocycles. The van der Waals surface area contributed by atoms with Crippen LogP contribution in [0.25, 0.3) is 0 Å². The van der Waals surface area contributed by atoms with Crippen molar-refractivity contribution in [1.29, 1.82) is 0 Å². The van der Waals surface area contributed by atoms with E-state index in [0.29, 0.717) is 18.8 Å². The highest BCUT2D eigenvalue weighted by Gasteiger charge is 2.23. The van der Waals surface area contributed by atoms with E-state index in [9.17, 15) is 9.90 Å². The van der Waals surface area contributed by atoms with Crippen molar-refractivity contribution in [2.75, 3.05) is 39.5 Å². The predicted octanol–water partition coefficient (Wildman–Crippen LogP) is 3.10. The molecule has 1 aliphatic heterocycles. The van der Waals surface area contributed by atoms with Crippen molar-refractivity contribution < 1.29 is 14.6 Å². The number of aliphatic hydroxyl groups is 1. The monoisotopic (exact) mass is 428 g/mol. The minimum Gasteiger partial charge on any atom is -0.481 e. The molecule has 2 aromatic rings. The third kappa shape index (κ3) is 6.24. The number of thioether (sulfide) groups is 1. The molecule has 0 saturated carbocycles. The van der Waals surface area contributed by atoms with Gasteiger partial charge in [-0.3, -0.25) is 4.79 Å². The number of carbonyl (C=O) groups excluding carboxylic acids is 1. The van der Waals surface area contributed by atoms with E-state index >= 15 is 0 Å². The highest BCUT2D eigenvalue weighted by Crippen LogP contribution is 2.20. The van der Waals surface area contributed by atoms with Gasteiger partial charge in [-0.2, -0.15) is 0 Å². The maximum Gasteiger partial charge on any atom is 0.263 e. The molecule has 0 saturated heterocycles. The van der Waals surface area contributed by atoms with Gasteiger partial charge in [-0.1, -0.05) is 24.3 Å². The molecular weight excluding hydrogens is 396 g/mol. The van der Waals surface area contributed by atoms with E-state index in [2.05, 4.69) is 29.2 Å².